The first kappa shape index (κ1) is 20.9. The van der Waals surface area contributed by atoms with E-state index in [1.54, 1.807) is 40.1 Å². The van der Waals surface area contributed by atoms with E-state index >= 15 is 0 Å². The van der Waals surface area contributed by atoms with Crippen molar-refractivity contribution < 1.29 is 14.3 Å². The second-order valence-corrected chi connectivity index (χ2v) is 9.05. The van der Waals surface area contributed by atoms with Crippen LogP contribution in [0.25, 0.3) is 0 Å². The summed E-state index contributed by atoms with van der Waals surface area (Å²) in [4.78, 5) is 31.7. The van der Waals surface area contributed by atoms with Crippen molar-refractivity contribution in [2.24, 2.45) is 5.92 Å². The van der Waals surface area contributed by atoms with Crippen LogP contribution in [0.15, 0.2) is 40.1 Å². The largest absolute Gasteiger partial charge is 0.452 e. The molecule has 0 bridgehead atoms. The van der Waals surface area contributed by atoms with Crippen molar-refractivity contribution in [1.29, 1.82) is 0 Å². The van der Waals surface area contributed by atoms with E-state index in [2.05, 4.69) is 11.9 Å². The molecule has 1 aromatic carbocycles. The minimum atomic E-state index is -0.463. The van der Waals surface area contributed by atoms with Crippen LogP contribution in [0, 0.1) is 5.92 Å². The van der Waals surface area contributed by atoms with E-state index in [9.17, 15) is 9.59 Å². The van der Waals surface area contributed by atoms with Crippen molar-refractivity contribution in [2.75, 3.05) is 13.7 Å². The van der Waals surface area contributed by atoms with Gasteiger partial charge in [0.15, 0.2) is 6.61 Å². The number of nitrogens with zero attached hydrogens (tertiary/aromatic N) is 2. The zero-order chi connectivity index (χ0) is 19.9. The van der Waals surface area contributed by atoms with Gasteiger partial charge in [0, 0.05) is 29.1 Å². The van der Waals surface area contributed by atoms with Gasteiger partial charge in [0.2, 0.25) is 0 Å². The Balaban J connectivity index is 1.44. The second kappa shape index (κ2) is 10.1. The Kier molecular flexibility index (Phi) is 7.50. The van der Waals surface area contributed by atoms with E-state index in [4.69, 9.17) is 4.74 Å². The van der Waals surface area contributed by atoms with Crippen LogP contribution in [-0.2, 0) is 15.3 Å². The van der Waals surface area contributed by atoms with E-state index in [1.165, 1.54) is 0 Å². The number of benzene rings is 1. The van der Waals surface area contributed by atoms with Crippen LogP contribution in [0.1, 0.15) is 48.7 Å². The molecule has 3 rings (SSSR count). The summed E-state index contributed by atoms with van der Waals surface area (Å²) in [6, 6.07) is 7.52. The summed E-state index contributed by atoms with van der Waals surface area (Å²) in [7, 11) is 1.81. The highest BCUT2D eigenvalue weighted by atomic mass is 32.2. The lowest BCUT2D eigenvalue weighted by molar-refractivity contribution is -0.136. The van der Waals surface area contributed by atoms with Crippen LogP contribution in [-0.4, -0.2) is 41.5 Å². The molecule has 2 aromatic rings. The molecule has 0 aliphatic heterocycles. The van der Waals surface area contributed by atoms with Crippen molar-refractivity contribution in [3.63, 3.8) is 0 Å². The summed E-state index contributed by atoms with van der Waals surface area (Å²) in [6.45, 7) is 2.05. The number of likely N-dealkylation sites (N-methyl/N-ethyl adjacent to an activating group) is 1. The van der Waals surface area contributed by atoms with Gasteiger partial charge in [0.05, 0.1) is 16.8 Å². The Morgan fingerprint density at radius 2 is 1.93 bits per heavy atom. The van der Waals surface area contributed by atoms with E-state index < -0.39 is 5.97 Å². The molecule has 0 spiro atoms. The van der Waals surface area contributed by atoms with Gasteiger partial charge < -0.3 is 9.64 Å². The first-order valence-corrected chi connectivity index (χ1v) is 11.5. The summed E-state index contributed by atoms with van der Waals surface area (Å²) < 4.78 is 5.24. The first-order valence-electron chi connectivity index (χ1n) is 9.55. The fourth-order valence-electron chi connectivity index (χ4n) is 3.30. The monoisotopic (exact) mass is 418 g/mol. The summed E-state index contributed by atoms with van der Waals surface area (Å²) in [5, 5.41) is 2.03. The Bertz CT molecular complexity index is 769. The fraction of sp³-hybridized carbons (Fsp3) is 0.476. The molecule has 1 aliphatic rings. The maximum absolute atomic E-state index is 12.4. The lowest BCUT2D eigenvalue weighted by Crippen LogP contribution is -2.41. The minimum Gasteiger partial charge on any atom is -0.452 e. The number of amides is 1. The van der Waals surface area contributed by atoms with Gasteiger partial charge in [-0.1, -0.05) is 6.92 Å². The van der Waals surface area contributed by atoms with Crippen molar-refractivity contribution in [2.45, 2.75) is 49.3 Å². The van der Waals surface area contributed by atoms with Crippen molar-refractivity contribution >= 4 is 35.0 Å². The Morgan fingerprint density at radius 1 is 1.21 bits per heavy atom. The number of esters is 1. The van der Waals surface area contributed by atoms with Crippen molar-refractivity contribution in [1.82, 2.24) is 9.88 Å². The lowest BCUT2D eigenvalue weighted by atomic mass is 9.87. The third kappa shape index (κ3) is 5.82. The summed E-state index contributed by atoms with van der Waals surface area (Å²) in [6.07, 6.45) is 4.35. The molecule has 0 saturated heterocycles. The van der Waals surface area contributed by atoms with Crippen LogP contribution < -0.4 is 0 Å². The Morgan fingerprint density at radius 3 is 2.57 bits per heavy atom. The Hall–Kier alpha value is -1.86. The Labute approximate surface area is 174 Å². The van der Waals surface area contributed by atoms with Gasteiger partial charge in [0.25, 0.3) is 5.91 Å². The fourth-order valence-corrected chi connectivity index (χ4v) is 4.76. The highest BCUT2D eigenvalue weighted by Gasteiger charge is 2.25. The van der Waals surface area contributed by atoms with Crippen LogP contribution in [0.5, 0.6) is 0 Å². The zero-order valence-corrected chi connectivity index (χ0v) is 17.9. The van der Waals surface area contributed by atoms with Crippen LogP contribution >= 0.6 is 23.1 Å². The molecule has 0 radical (unpaired) electrons. The van der Waals surface area contributed by atoms with Crippen molar-refractivity contribution in [3.8, 4) is 0 Å². The number of carbonyl (C=O) groups is 2. The quantitative estimate of drug-likeness (QED) is 0.485. The number of hydrogen-bond donors (Lipinski definition) is 0. The van der Waals surface area contributed by atoms with Gasteiger partial charge in [-0.15, -0.1) is 23.1 Å². The number of carbonyl (C=O) groups excluding carboxylic acids is 2. The van der Waals surface area contributed by atoms with E-state index in [-0.39, 0.29) is 18.6 Å². The average molecular weight is 419 g/mol. The van der Waals surface area contributed by atoms with Gasteiger partial charge in [-0.25, -0.2) is 9.78 Å². The van der Waals surface area contributed by atoms with Crippen LogP contribution in [0.3, 0.4) is 0 Å². The molecule has 1 fully saturated rings. The molecule has 1 heterocycles. The smallest absolute Gasteiger partial charge is 0.338 e. The maximum atomic E-state index is 12.4. The standard InChI is InChI=1S/C21H26N2O3S2/c1-15-3-7-18(8-4-15)23(2)20(24)11-26-21(25)16-5-9-19(10-6-16)28-13-17-12-27-14-22-17/h5-6,9-10,12,14-15,18H,3-4,7-8,11,13H2,1-2H3. The first-order chi connectivity index (χ1) is 13.5. The predicted molar refractivity (Wildman–Crippen MR) is 113 cm³/mol. The SMILES string of the molecule is CC1CCC(N(C)C(=O)COC(=O)c2ccc(SCc3cscn3)cc2)CC1. The third-order valence-electron chi connectivity index (χ3n) is 5.21. The third-order valence-corrected chi connectivity index (χ3v) is 6.89. The number of ether oxygens (including phenoxy) is 1. The highest BCUT2D eigenvalue weighted by molar-refractivity contribution is 7.98. The number of thioether (sulfide) groups is 1. The van der Waals surface area contributed by atoms with Gasteiger partial charge in [0.1, 0.15) is 0 Å². The lowest BCUT2D eigenvalue weighted by Gasteiger charge is -2.33. The zero-order valence-electron chi connectivity index (χ0n) is 16.3. The minimum absolute atomic E-state index is 0.136. The van der Waals surface area contributed by atoms with Gasteiger partial charge in [-0.2, -0.15) is 0 Å². The molecule has 0 N–H and O–H groups in total. The molecular formula is C21H26N2O3S2. The van der Waals surface area contributed by atoms with Gasteiger partial charge in [-0.05, 0) is 55.9 Å². The highest BCUT2D eigenvalue weighted by Crippen LogP contribution is 2.26. The number of thiazole rings is 1. The van der Waals surface area contributed by atoms with Crippen LogP contribution in [0.4, 0.5) is 0 Å². The summed E-state index contributed by atoms with van der Waals surface area (Å²) >= 11 is 3.25. The topological polar surface area (TPSA) is 59.5 Å². The number of rotatable bonds is 7. The maximum Gasteiger partial charge on any atom is 0.338 e. The molecule has 1 aliphatic carbocycles. The predicted octanol–water partition coefficient (Wildman–Crippen LogP) is 4.63. The van der Waals surface area contributed by atoms with Gasteiger partial charge >= 0.3 is 5.97 Å². The molecule has 1 saturated carbocycles. The van der Waals surface area contributed by atoms with E-state index in [0.29, 0.717) is 5.56 Å². The summed E-state index contributed by atoms with van der Waals surface area (Å²) in [5.74, 6) is 0.937. The normalized spacial score (nSPS) is 19.2. The molecule has 5 nitrogen and oxygen atoms in total. The number of hydrogen-bond acceptors (Lipinski definition) is 6. The van der Waals surface area contributed by atoms with E-state index in [1.807, 2.05) is 30.1 Å². The molecule has 1 aromatic heterocycles. The van der Waals surface area contributed by atoms with Crippen molar-refractivity contribution in [3.05, 3.63) is 46.4 Å². The van der Waals surface area contributed by atoms with Gasteiger partial charge in [-0.3, -0.25) is 4.79 Å². The average Bonchev–Trinajstić information content (AvgIpc) is 3.24. The van der Waals surface area contributed by atoms with Crippen LogP contribution in [0.2, 0.25) is 0 Å². The molecular weight excluding hydrogens is 392 g/mol. The molecule has 150 valence electrons. The second-order valence-electron chi connectivity index (χ2n) is 7.29. The molecule has 7 heteroatoms. The molecule has 0 atom stereocenters. The van der Waals surface area contributed by atoms with E-state index in [0.717, 1.165) is 47.9 Å². The molecule has 28 heavy (non-hydrogen) atoms. The number of aromatic nitrogens is 1. The molecule has 0 unspecified atom stereocenters. The summed E-state index contributed by atoms with van der Waals surface area (Å²) in [5.41, 5.74) is 3.33. The molecule has 1 amide bonds.